The maximum absolute atomic E-state index is 10.5. The van der Waals surface area contributed by atoms with Crippen molar-refractivity contribution in [3.63, 3.8) is 0 Å². The zero-order valence-corrected chi connectivity index (χ0v) is 9.23. The van der Waals surface area contributed by atoms with Crippen molar-refractivity contribution in [3.8, 4) is 0 Å². The number of likely N-dealkylation sites (N-methyl/N-ethyl adjacent to an activating group) is 1. The summed E-state index contributed by atoms with van der Waals surface area (Å²) in [4.78, 5) is 14.8. The first-order valence-electron chi connectivity index (χ1n) is 5.16. The van der Waals surface area contributed by atoms with E-state index in [4.69, 9.17) is 5.11 Å². The first kappa shape index (κ1) is 11.5. The third kappa shape index (κ3) is 2.96. The summed E-state index contributed by atoms with van der Waals surface area (Å²) < 4.78 is 0. The standard InChI is InChI=1S/C10H20N2O2/c1-8(2)11(3)9-4-5-12(6-9)7-10(13)14/h8-9H,4-7H2,1-3H3,(H,13,14). The molecule has 0 amide bonds. The number of hydrogen-bond donors (Lipinski definition) is 1. The van der Waals surface area contributed by atoms with Crippen LogP contribution in [0.25, 0.3) is 0 Å². The molecule has 1 N–H and O–H groups in total. The number of likely N-dealkylation sites (tertiary alicyclic amines) is 1. The van der Waals surface area contributed by atoms with Crippen LogP contribution in [0, 0.1) is 0 Å². The Kier molecular flexibility index (Phi) is 3.89. The van der Waals surface area contributed by atoms with Crippen molar-refractivity contribution in [1.29, 1.82) is 0 Å². The molecule has 1 heterocycles. The Morgan fingerprint density at radius 2 is 2.29 bits per heavy atom. The molecular formula is C10H20N2O2. The van der Waals surface area contributed by atoms with E-state index in [-0.39, 0.29) is 6.54 Å². The quantitative estimate of drug-likeness (QED) is 0.717. The lowest BCUT2D eigenvalue weighted by Gasteiger charge is -2.28. The maximum atomic E-state index is 10.5. The number of carbonyl (C=O) groups is 1. The molecule has 0 bridgehead atoms. The number of nitrogens with zero attached hydrogens (tertiary/aromatic N) is 2. The van der Waals surface area contributed by atoms with Crippen LogP contribution in [0.15, 0.2) is 0 Å². The second-order valence-corrected chi connectivity index (χ2v) is 4.33. The number of carboxylic acid groups (broad SMARTS) is 1. The van der Waals surface area contributed by atoms with Crippen molar-refractivity contribution in [2.45, 2.75) is 32.4 Å². The molecule has 1 rings (SSSR count). The van der Waals surface area contributed by atoms with Gasteiger partial charge in [-0.05, 0) is 27.3 Å². The summed E-state index contributed by atoms with van der Waals surface area (Å²) >= 11 is 0. The minimum atomic E-state index is -0.724. The van der Waals surface area contributed by atoms with Crippen LogP contribution in [-0.4, -0.2) is 59.6 Å². The lowest BCUT2D eigenvalue weighted by molar-refractivity contribution is -0.138. The lowest BCUT2D eigenvalue weighted by Crippen LogP contribution is -2.39. The summed E-state index contributed by atoms with van der Waals surface area (Å²) in [5.41, 5.74) is 0. The van der Waals surface area contributed by atoms with Crippen molar-refractivity contribution in [2.75, 3.05) is 26.7 Å². The van der Waals surface area contributed by atoms with Gasteiger partial charge in [0, 0.05) is 25.2 Å². The molecule has 1 fully saturated rings. The van der Waals surface area contributed by atoms with Crippen LogP contribution in [0.1, 0.15) is 20.3 Å². The van der Waals surface area contributed by atoms with Crippen LogP contribution in [-0.2, 0) is 4.79 Å². The Balaban J connectivity index is 2.37. The predicted octanol–water partition coefficient (Wildman–Crippen LogP) is 0.485. The normalized spacial score (nSPS) is 23.6. The molecule has 14 heavy (non-hydrogen) atoms. The van der Waals surface area contributed by atoms with Gasteiger partial charge >= 0.3 is 5.97 Å². The van der Waals surface area contributed by atoms with Gasteiger partial charge in [-0.1, -0.05) is 0 Å². The molecule has 1 saturated heterocycles. The van der Waals surface area contributed by atoms with Gasteiger partial charge in [-0.3, -0.25) is 14.6 Å². The molecule has 1 atom stereocenters. The maximum Gasteiger partial charge on any atom is 0.317 e. The summed E-state index contributed by atoms with van der Waals surface area (Å²) in [5, 5.41) is 8.65. The van der Waals surface area contributed by atoms with Gasteiger partial charge in [0.1, 0.15) is 0 Å². The van der Waals surface area contributed by atoms with Crippen LogP contribution in [0.3, 0.4) is 0 Å². The summed E-state index contributed by atoms with van der Waals surface area (Å²) in [7, 11) is 2.11. The highest BCUT2D eigenvalue weighted by molar-refractivity contribution is 5.69. The van der Waals surface area contributed by atoms with E-state index in [2.05, 4.69) is 25.8 Å². The van der Waals surface area contributed by atoms with Gasteiger partial charge in [-0.25, -0.2) is 0 Å². The molecule has 82 valence electrons. The molecule has 0 aromatic heterocycles. The molecule has 0 saturated carbocycles. The molecule has 1 aliphatic heterocycles. The SMILES string of the molecule is CC(C)N(C)C1CCN(CC(=O)O)C1. The van der Waals surface area contributed by atoms with Gasteiger partial charge in [0.15, 0.2) is 0 Å². The van der Waals surface area contributed by atoms with E-state index in [0.29, 0.717) is 12.1 Å². The average molecular weight is 200 g/mol. The van der Waals surface area contributed by atoms with E-state index >= 15 is 0 Å². The molecule has 0 radical (unpaired) electrons. The predicted molar refractivity (Wildman–Crippen MR) is 55.4 cm³/mol. The highest BCUT2D eigenvalue weighted by Crippen LogP contribution is 2.15. The van der Waals surface area contributed by atoms with E-state index in [1.807, 2.05) is 4.90 Å². The van der Waals surface area contributed by atoms with Crippen LogP contribution < -0.4 is 0 Å². The summed E-state index contributed by atoms with van der Waals surface area (Å²) in [6.45, 7) is 6.32. The van der Waals surface area contributed by atoms with E-state index in [0.717, 1.165) is 19.5 Å². The minimum Gasteiger partial charge on any atom is -0.480 e. The van der Waals surface area contributed by atoms with Crippen molar-refractivity contribution in [2.24, 2.45) is 0 Å². The molecule has 4 nitrogen and oxygen atoms in total. The number of carboxylic acids is 1. The van der Waals surface area contributed by atoms with Crippen molar-refractivity contribution < 1.29 is 9.90 Å². The van der Waals surface area contributed by atoms with Gasteiger partial charge in [0.25, 0.3) is 0 Å². The van der Waals surface area contributed by atoms with Crippen LogP contribution in [0.2, 0.25) is 0 Å². The average Bonchev–Trinajstić information content (AvgIpc) is 2.50. The fraction of sp³-hybridized carbons (Fsp3) is 0.900. The number of hydrogen-bond acceptors (Lipinski definition) is 3. The molecule has 1 unspecified atom stereocenters. The fourth-order valence-electron chi connectivity index (χ4n) is 1.90. The Morgan fingerprint density at radius 3 is 2.79 bits per heavy atom. The molecule has 0 aromatic carbocycles. The molecular weight excluding hydrogens is 180 g/mol. The Labute approximate surface area is 85.5 Å². The van der Waals surface area contributed by atoms with Crippen molar-refractivity contribution in [1.82, 2.24) is 9.80 Å². The molecule has 4 heteroatoms. The fourth-order valence-corrected chi connectivity index (χ4v) is 1.90. The van der Waals surface area contributed by atoms with Gasteiger partial charge in [0.2, 0.25) is 0 Å². The largest absolute Gasteiger partial charge is 0.480 e. The lowest BCUT2D eigenvalue weighted by atomic mass is 10.2. The first-order chi connectivity index (χ1) is 6.50. The van der Waals surface area contributed by atoms with E-state index in [9.17, 15) is 4.79 Å². The monoisotopic (exact) mass is 200 g/mol. The Bertz CT molecular complexity index is 206. The number of rotatable bonds is 4. The summed E-state index contributed by atoms with van der Waals surface area (Å²) in [5.74, 6) is -0.724. The zero-order chi connectivity index (χ0) is 10.7. The van der Waals surface area contributed by atoms with E-state index < -0.39 is 5.97 Å². The van der Waals surface area contributed by atoms with Gasteiger partial charge in [-0.15, -0.1) is 0 Å². The van der Waals surface area contributed by atoms with Gasteiger partial charge in [-0.2, -0.15) is 0 Å². The second kappa shape index (κ2) is 4.75. The van der Waals surface area contributed by atoms with Crippen LogP contribution >= 0.6 is 0 Å². The van der Waals surface area contributed by atoms with E-state index in [1.54, 1.807) is 0 Å². The molecule has 0 aromatic rings. The third-order valence-electron chi connectivity index (χ3n) is 3.00. The van der Waals surface area contributed by atoms with Crippen LogP contribution in [0.4, 0.5) is 0 Å². The van der Waals surface area contributed by atoms with E-state index in [1.165, 1.54) is 0 Å². The zero-order valence-electron chi connectivity index (χ0n) is 9.23. The minimum absolute atomic E-state index is 0.183. The van der Waals surface area contributed by atoms with Gasteiger partial charge in [0.05, 0.1) is 6.54 Å². The Hall–Kier alpha value is -0.610. The van der Waals surface area contributed by atoms with Crippen molar-refractivity contribution in [3.05, 3.63) is 0 Å². The summed E-state index contributed by atoms with van der Waals surface area (Å²) in [6.07, 6.45) is 1.09. The summed E-state index contributed by atoms with van der Waals surface area (Å²) in [6, 6.07) is 1.05. The second-order valence-electron chi connectivity index (χ2n) is 4.33. The van der Waals surface area contributed by atoms with Crippen LogP contribution in [0.5, 0.6) is 0 Å². The Morgan fingerprint density at radius 1 is 1.64 bits per heavy atom. The first-order valence-corrected chi connectivity index (χ1v) is 5.16. The number of aliphatic carboxylic acids is 1. The smallest absolute Gasteiger partial charge is 0.317 e. The molecule has 0 spiro atoms. The van der Waals surface area contributed by atoms with Gasteiger partial charge < -0.3 is 5.11 Å². The highest BCUT2D eigenvalue weighted by Gasteiger charge is 2.27. The molecule has 0 aliphatic carbocycles. The topological polar surface area (TPSA) is 43.8 Å². The molecule has 1 aliphatic rings. The highest BCUT2D eigenvalue weighted by atomic mass is 16.4. The van der Waals surface area contributed by atoms with Crippen molar-refractivity contribution >= 4 is 5.97 Å². The third-order valence-corrected chi connectivity index (χ3v) is 3.00.